The highest BCUT2D eigenvalue weighted by Gasteiger charge is 2.04. The van der Waals surface area contributed by atoms with E-state index in [1.807, 2.05) is 12.1 Å². The van der Waals surface area contributed by atoms with Crippen LogP contribution in [-0.2, 0) is 0 Å². The topological polar surface area (TPSA) is 30.7 Å². The molecule has 0 atom stereocenters. The molecule has 0 aliphatic heterocycles. The van der Waals surface area contributed by atoms with Gasteiger partial charge in [0, 0.05) is 0 Å². The quantitative estimate of drug-likeness (QED) is 0.682. The van der Waals surface area contributed by atoms with Crippen LogP contribution in [0.25, 0.3) is 16.8 Å². The molecule has 0 aliphatic rings. The molecule has 2 aromatic carbocycles. The second-order valence-corrected chi connectivity index (χ2v) is 4.18. The summed E-state index contributed by atoms with van der Waals surface area (Å²) in [7, 11) is 0. The Morgan fingerprint density at radius 1 is 0.889 bits per heavy atom. The zero-order valence-corrected chi connectivity index (χ0v) is 10.1. The van der Waals surface area contributed by atoms with Gasteiger partial charge in [0.05, 0.1) is 18.1 Å². The zero-order chi connectivity index (χ0) is 12.4. The van der Waals surface area contributed by atoms with E-state index in [0.717, 1.165) is 5.69 Å². The van der Waals surface area contributed by atoms with E-state index in [4.69, 9.17) is 0 Å². The minimum absolute atomic E-state index is 0.984. The predicted molar refractivity (Wildman–Crippen MR) is 71.5 cm³/mol. The largest absolute Gasteiger partial charge is 0.157 e. The summed E-state index contributed by atoms with van der Waals surface area (Å²) < 4.78 is 0. The summed E-state index contributed by atoms with van der Waals surface area (Å²) in [6, 6.07) is 16.6. The van der Waals surface area contributed by atoms with Crippen molar-refractivity contribution in [1.82, 2.24) is 15.0 Å². The third kappa shape index (κ3) is 1.91. The minimum Gasteiger partial charge on any atom is -0.157 e. The summed E-state index contributed by atoms with van der Waals surface area (Å²) in [6.45, 7) is 2.11. The summed E-state index contributed by atoms with van der Waals surface area (Å²) in [5, 5.41) is 8.27. The second kappa shape index (κ2) is 4.45. The number of nitrogens with zero attached hydrogens (tertiary/aromatic N) is 3. The van der Waals surface area contributed by atoms with Crippen LogP contribution < -0.4 is 0 Å². The lowest BCUT2D eigenvalue weighted by Crippen LogP contribution is -1.99. The molecule has 0 radical (unpaired) electrons. The molecular weight excluding hydrogens is 222 g/mol. The third-order valence-corrected chi connectivity index (χ3v) is 2.94. The smallest absolute Gasteiger partial charge is 0.0859 e. The van der Waals surface area contributed by atoms with Crippen molar-refractivity contribution >= 4 is 0 Å². The zero-order valence-electron chi connectivity index (χ0n) is 10.1. The molecule has 88 valence electrons. The first kappa shape index (κ1) is 10.7. The van der Waals surface area contributed by atoms with Crippen molar-refractivity contribution in [2.45, 2.75) is 6.92 Å². The number of aromatic nitrogens is 3. The maximum atomic E-state index is 4.14. The normalized spacial score (nSPS) is 10.5. The fraction of sp³-hybridized carbons (Fsp3) is 0.0667. The Hall–Kier alpha value is -2.42. The fourth-order valence-electron chi connectivity index (χ4n) is 2.06. The number of hydrogen-bond acceptors (Lipinski definition) is 2. The number of benzene rings is 2. The van der Waals surface area contributed by atoms with Crippen LogP contribution in [0.5, 0.6) is 0 Å². The monoisotopic (exact) mass is 235 g/mol. The van der Waals surface area contributed by atoms with E-state index in [2.05, 4.69) is 53.5 Å². The lowest BCUT2D eigenvalue weighted by atomic mass is 10.0. The van der Waals surface area contributed by atoms with Gasteiger partial charge < -0.3 is 0 Å². The van der Waals surface area contributed by atoms with Crippen LogP contribution in [-0.4, -0.2) is 15.0 Å². The molecule has 3 rings (SSSR count). The highest BCUT2D eigenvalue weighted by molar-refractivity contribution is 5.68. The van der Waals surface area contributed by atoms with Crippen LogP contribution in [0, 0.1) is 6.92 Å². The fourth-order valence-corrected chi connectivity index (χ4v) is 2.06. The average Bonchev–Trinajstić information content (AvgIpc) is 2.93. The summed E-state index contributed by atoms with van der Waals surface area (Å²) >= 11 is 0. The Labute approximate surface area is 106 Å². The maximum absolute atomic E-state index is 4.14. The first-order valence-electron chi connectivity index (χ1n) is 5.87. The van der Waals surface area contributed by atoms with Gasteiger partial charge >= 0.3 is 0 Å². The van der Waals surface area contributed by atoms with Crippen LogP contribution in [0.4, 0.5) is 0 Å². The van der Waals surface area contributed by atoms with Gasteiger partial charge in [-0.25, -0.2) is 0 Å². The van der Waals surface area contributed by atoms with Crippen molar-refractivity contribution in [2.24, 2.45) is 0 Å². The Morgan fingerprint density at radius 2 is 1.61 bits per heavy atom. The first-order chi connectivity index (χ1) is 8.84. The molecule has 0 aliphatic carbocycles. The number of aryl methyl sites for hydroxylation is 1. The van der Waals surface area contributed by atoms with Gasteiger partial charge in [-0.1, -0.05) is 36.4 Å². The molecule has 0 saturated carbocycles. The Bertz CT molecular complexity index is 643. The van der Waals surface area contributed by atoms with Crippen molar-refractivity contribution in [1.29, 1.82) is 0 Å². The van der Waals surface area contributed by atoms with Crippen molar-refractivity contribution in [3.8, 4) is 16.8 Å². The summed E-state index contributed by atoms with van der Waals surface area (Å²) in [5.74, 6) is 0. The van der Waals surface area contributed by atoms with Gasteiger partial charge in [-0.2, -0.15) is 15.0 Å². The summed E-state index contributed by atoms with van der Waals surface area (Å²) in [6.07, 6.45) is 3.36. The van der Waals surface area contributed by atoms with E-state index in [1.54, 1.807) is 17.2 Å². The van der Waals surface area contributed by atoms with Crippen molar-refractivity contribution in [2.75, 3.05) is 0 Å². The Morgan fingerprint density at radius 3 is 2.28 bits per heavy atom. The van der Waals surface area contributed by atoms with Gasteiger partial charge in [0.2, 0.25) is 0 Å². The van der Waals surface area contributed by atoms with Crippen molar-refractivity contribution < 1.29 is 0 Å². The molecule has 1 aromatic heterocycles. The highest BCUT2D eigenvalue weighted by Crippen LogP contribution is 2.24. The molecule has 1 heterocycles. The van der Waals surface area contributed by atoms with Crippen LogP contribution in [0.2, 0.25) is 0 Å². The molecular formula is C15H13N3. The van der Waals surface area contributed by atoms with Gasteiger partial charge in [-0.15, -0.1) is 0 Å². The van der Waals surface area contributed by atoms with E-state index in [0.29, 0.717) is 0 Å². The molecule has 0 unspecified atom stereocenters. The molecule has 0 fully saturated rings. The Balaban J connectivity index is 2.05. The third-order valence-electron chi connectivity index (χ3n) is 2.94. The van der Waals surface area contributed by atoms with Crippen molar-refractivity contribution in [3.63, 3.8) is 0 Å². The lowest BCUT2D eigenvalue weighted by Gasteiger charge is -2.08. The van der Waals surface area contributed by atoms with E-state index < -0.39 is 0 Å². The predicted octanol–water partition coefficient (Wildman–Crippen LogP) is 3.24. The van der Waals surface area contributed by atoms with E-state index in [1.165, 1.54) is 16.7 Å². The summed E-state index contributed by atoms with van der Waals surface area (Å²) in [5.41, 5.74) is 4.68. The van der Waals surface area contributed by atoms with Crippen molar-refractivity contribution in [3.05, 3.63) is 66.5 Å². The van der Waals surface area contributed by atoms with Crippen LogP contribution in [0.15, 0.2) is 60.9 Å². The van der Waals surface area contributed by atoms with Gasteiger partial charge in [0.15, 0.2) is 0 Å². The molecule has 3 heteroatoms. The molecule has 0 saturated heterocycles. The van der Waals surface area contributed by atoms with Crippen LogP contribution in [0.3, 0.4) is 0 Å². The number of rotatable bonds is 2. The van der Waals surface area contributed by atoms with Gasteiger partial charge in [0.25, 0.3) is 0 Å². The molecule has 0 N–H and O–H groups in total. The first-order valence-corrected chi connectivity index (χ1v) is 5.87. The van der Waals surface area contributed by atoms with Gasteiger partial charge in [-0.3, -0.25) is 0 Å². The lowest BCUT2D eigenvalue weighted by molar-refractivity contribution is 0.751. The van der Waals surface area contributed by atoms with E-state index in [-0.39, 0.29) is 0 Å². The molecule has 18 heavy (non-hydrogen) atoms. The van der Waals surface area contributed by atoms with E-state index >= 15 is 0 Å². The van der Waals surface area contributed by atoms with Crippen LogP contribution in [0.1, 0.15) is 5.56 Å². The molecule has 0 spiro atoms. The summed E-state index contributed by atoms with van der Waals surface area (Å²) in [4.78, 5) is 1.63. The van der Waals surface area contributed by atoms with Gasteiger partial charge in [0.1, 0.15) is 0 Å². The number of hydrogen-bond donors (Lipinski definition) is 0. The SMILES string of the molecule is Cc1cc(-n2nccn2)ccc1-c1ccccc1. The second-order valence-electron chi connectivity index (χ2n) is 4.18. The minimum atomic E-state index is 0.984. The van der Waals surface area contributed by atoms with E-state index in [9.17, 15) is 0 Å². The highest BCUT2D eigenvalue weighted by atomic mass is 15.5. The molecule has 3 nitrogen and oxygen atoms in total. The molecule has 3 aromatic rings. The Kier molecular flexibility index (Phi) is 2.65. The maximum Gasteiger partial charge on any atom is 0.0859 e. The average molecular weight is 235 g/mol. The molecule has 0 bridgehead atoms. The van der Waals surface area contributed by atoms with Crippen LogP contribution >= 0.6 is 0 Å². The molecule has 0 amide bonds. The standard InChI is InChI=1S/C15H13N3/c1-12-11-14(18-16-9-10-17-18)7-8-15(12)13-5-3-2-4-6-13/h2-11H,1H3. The van der Waals surface area contributed by atoms with Gasteiger partial charge in [-0.05, 0) is 35.7 Å².